The van der Waals surface area contributed by atoms with Crippen LogP contribution in [-0.2, 0) is 6.61 Å². The second-order valence-corrected chi connectivity index (χ2v) is 7.67. The number of hydrogen-bond acceptors (Lipinski definition) is 6. The van der Waals surface area contributed by atoms with Crippen molar-refractivity contribution in [3.63, 3.8) is 0 Å². The van der Waals surface area contributed by atoms with Gasteiger partial charge in [0.05, 0.1) is 30.0 Å². The van der Waals surface area contributed by atoms with E-state index in [4.69, 9.17) is 9.72 Å². The van der Waals surface area contributed by atoms with Gasteiger partial charge in [0.1, 0.15) is 5.82 Å². The third kappa shape index (κ3) is 3.74. The average Bonchev–Trinajstić information content (AvgIpc) is 3.57. The lowest BCUT2D eigenvalue weighted by Gasteiger charge is -2.11. The van der Waals surface area contributed by atoms with Gasteiger partial charge in [-0.2, -0.15) is 4.98 Å². The summed E-state index contributed by atoms with van der Waals surface area (Å²) in [7, 11) is 0. The van der Waals surface area contributed by atoms with Crippen LogP contribution in [0.4, 0.5) is 0 Å². The van der Waals surface area contributed by atoms with Crippen LogP contribution in [0.15, 0.2) is 60.9 Å². The van der Waals surface area contributed by atoms with E-state index in [1.165, 1.54) is 0 Å². The van der Waals surface area contributed by atoms with Crippen LogP contribution in [0.2, 0.25) is 0 Å². The van der Waals surface area contributed by atoms with Crippen molar-refractivity contribution in [3.8, 4) is 17.0 Å². The second-order valence-electron chi connectivity index (χ2n) is 7.67. The zero-order chi connectivity index (χ0) is 20.5. The number of aliphatic hydroxyl groups is 1. The van der Waals surface area contributed by atoms with Gasteiger partial charge in [0, 0.05) is 40.9 Å². The zero-order valence-corrected chi connectivity index (χ0v) is 16.7. The molecule has 1 aromatic carbocycles. The maximum absolute atomic E-state index is 9.20. The lowest BCUT2D eigenvalue weighted by atomic mass is 10.1. The molecule has 30 heavy (non-hydrogen) atoms. The van der Waals surface area contributed by atoms with Crippen molar-refractivity contribution >= 4 is 10.9 Å². The number of aryl methyl sites for hydroxylation is 1. The molecule has 5 rings (SSSR count). The number of ether oxygens (including phenoxy) is 1. The smallest absolute Gasteiger partial charge is 0.224 e. The van der Waals surface area contributed by atoms with E-state index in [-0.39, 0.29) is 6.61 Å². The van der Waals surface area contributed by atoms with Crippen LogP contribution in [0.25, 0.3) is 22.0 Å². The second kappa shape index (κ2) is 7.80. The summed E-state index contributed by atoms with van der Waals surface area (Å²) in [5, 5.41) is 10.4. The van der Waals surface area contributed by atoms with Crippen molar-refractivity contribution in [1.29, 1.82) is 0 Å². The third-order valence-electron chi connectivity index (χ3n) is 5.53. The van der Waals surface area contributed by atoms with Crippen LogP contribution in [0, 0.1) is 12.8 Å². The first-order chi connectivity index (χ1) is 14.7. The van der Waals surface area contributed by atoms with Crippen molar-refractivity contribution in [2.24, 2.45) is 5.92 Å². The molecule has 150 valence electrons. The van der Waals surface area contributed by atoms with Gasteiger partial charge in [-0.15, -0.1) is 0 Å². The van der Waals surface area contributed by atoms with Crippen LogP contribution in [-0.4, -0.2) is 31.6 Å². The highest BCUT2D eigenvalue weighted by Gasteiger charge is 2.40. The molecule has 0 bridgehead atoms. The van der Waals surface area contributed by atoms with Gasteiger partial charge in [0.25, 0.3) is 0 Å². The first-order valence-electron chi connectivity index (χ1n) is 10.1. The van der Waals surface area contributed by atoms with Gasteiger partial charge in [-0.1, -0.05) is 30.3 Å². The monoisotopic (exact) mass is 398 g/mol. The molecule has 6 nitrogen and oxygen atoms in total. The van der Waals surface area contributed by atoms with E-state index in [1.54, 1.807) is 18.5 Å². The molecule has 1 N–H and O–H groups in total. The number of fused-ring (bicyclic) bond motifs is 1. The molecule has 0 spiro atoms. The fourth-order valence-electron chi connectivity index (χ4n) is 3.70. The molecule has 3 heterocycles. The van der Waals surface area contributed by atoms with E-state index in [0.717, 1.165) is 34.1 Å². The lowest BCUT2D eigenvalue weighted by Crippen LogP contribution is -2.06. The molecule has 1 aliphatic carbocycles. The molecule has 2 atom stereocenters. The van der Waals surface area contributed by atoms with Crippen molar-refractivity contribution in [2.75, 3.05) is 6.61 Å². The summed E-state index contributed by atoms with van der Waals surface area (Å²) < 4.78 is 6.14. The van der Waals surface area contributed by atoms with Crippen molar-refractivity contribution in [3.05, 3.63) is 78.1 Å². The Morgan fingerprint density at radius 1 is 1.00 bits per heavy atom. The first-order valence-corrected chi connectivity index (χ1v) is 10.1. The van der Waals surface area contributed by atoms with Gasteiger partial charge in [0.15, 0.2) is 0 Å². The van der Waals surface area contributed by atoms with E-state index in [0.29, 0.717) is 35.8 Å². The number of nitrogens with zero attached hydrogens (tertiary/aromatic N) is 4. The number of aromatic nitrogens is 4. The van der Waals surface area contributed by atoms with Crippen LogP contribution in [0.1, 0.15) is 29.6 Å². The molecule has 0 amide bonds. The molecule has 0 aliphatic heterocycles. The van der Waals surface area contributed by atoms with Gasteiger partial charge in [-0.3, -0.25) is 9.97 Å². The van der Waals surface area contributed by atoms with E-state index in [1.807, 2.05) is 25.1 Å². The molecule has 4 aromatic rings. The molecule has 1 aliphatic rings. The molecule has 1 fully saturated rings. The number of hydrogen-bond donors (Lipinski definition) is 1. The highest BCUT2D eigenvalue weighted by molar-refractivity contribution is 5.78. The highest BCUT2D eigenvalue weighted by Crippen LogP contribution is 2.47. The minimum atomic E-state index is -0.0834. The quantitative estimate of drug-likeness (QED) is 0.527. The van der Waals surface area contributed by atoms with Crippen LogP contribution < -0.4 is 4.74 Å². The topological polar surface area (TPSA) is 81.0 Å². The van der Waals surface area contributed by atoms with Gasteiger partial charge < -0.3 is 9.84 Å². The Labute approximate surface area is 174 Å². The standard InChI is InChI=1S/C24H22N4O2/c1-15-25-12-21(17-6-8-19(13-29)26-11-17)24(27-15)30-14-18-10-20(18)23-9-7-16-4-2-3-5-22(16)28-23/h2-9,11-12,18,20,29H,10,13-14H2,1H3/t18-,20+/m1/s1. The molecule has 0 radical (unpaired) electrons. The largest absolute Gasteiger partial charge is 0.477 e. The van der Waals surface area contributed by atoms with Crippen LogP contribution in [0.5, 0.6) is 5.88 Å². The maximum atomic E-state index is 9.20. The van der Waals surface area contributed by atoms with E-state index < -0.39 is 0 Å². The molecule has 1 saturated carbocycles. The molecule has 3 aromatic heterocycles. The van der Waals surface area contributed by atoms with E-state index in [9.17, 15) is 5.11 Å². The summed E-state index contributed by atoms with van der Waals surface area (Å²) in [4.78, 5) is 17.9. The number of para-hydroxylation sites is 1. The third-order valence-corrected chi connectivity index (χ3v) is 5.53. The Hall–Kier alpha value is -3.38. The Balaban J connectivity index is 1.31. The zero-order valence-electron chi connectivity index (χ0n) is 16.7. The number of rotatable bonds is 6. The number of aliphatic hydroxyl groups excluding tert-OH is 1. The number of benzene rings is 1. The summed E-state index contributed by atoms with van der Waals surface area (Å²) >= 11 is 0. The SMILES string of the molecule is Cc1ncc(-c2ccc(CO)nc2)c(OC[C@H]2C[C@@H]2c2ccc3ccccc3n2)n1. The Kier molecular flexibility index (Phi) is 4.85. The minimum Gasteiger partial charge on any atom is -0.477 e. The lowest BCUT2D eigenvalue weighted by molar-refractivity contribution is 0.277. The molecule has 6 heteroatoms. The van der Waals surface area contributed by atoms with Gasteiger partial charge in [0.2, 0.25) is 5.88 Å². The summed E-state index contributed by atoms with van der Waals surface area (Å²) in [6, 6.07) is 16.2. The summed E-state index contributed by atoms with van der Waals surface area (Å²) in [5.41, 5.74) is 4.46. The Morgan fingerprint density at radius 3 is 2.73 bits per heavy atom. The summed E-state index contributed by atoms with van der Waals surface area (Å²) in [6.45, 7) is 2.35. The van der Waals surface area contributed by atoms with Gasteiger partial charge >= 0.3 is 0 Å². The van der Waals surface area contributed by atoms with Gasteiger partial charge in [-0.25, -0.2) is 4.98 Å². The fourth-order valence-corrected chi connectivity index (χ4v) is 3.70. The molecular formula is C24H22N4O2. The van der Waals surface area contributed by atoms with Crippen LogP contribution >= 0.6 is 0 Å². The molecular weight excluding hydrogens is 376 g/mol. The van der Waals surface area contributed by atoms with Crippen molar-refractivity contribution < 1.29 is 9.84 Å². The minimum absolute atomic E-state index is 0.0834. The Bertz CT molecular complexity index is 1190. The molecule has 0 saturated heterocycles. The maximum Gasteiger partial charge on any atom is 0.224 e. The predicted octanol–water partition coefficient (Wildman–Crippen LogP) is 4.07. The fraction of sp³-hybridized carbons (Fsp3) is 0.250. The Morgan fingerprint density at radius 2 is 1.90 bits per heavy atom. The first kappa shape index (κ1) is 18.6. The van der Waals surface area contributed by atoms with Crippen molar-refractivity contribution in [1.82, 2.24) is 19.9 Å². The van der Waals surface area contributed by atoms with Crippen LogP contribution in [0.3, 0.4) is 0 Å². The normalized spacial score (nSPS) is 17.8. The van der Waals surface area contributed by atoms with Crippen molar-refractivity contribution in [2.45, 2.75) is 25.9 Å². The van der Waals surface area contributed by atoms with E-state index in [2.05, 4.69) is 39.2 Å². The van der Waals surface area contributed by atoms with Gasteiger partial charge in [-0.05, 0) is 31.5 Å². The average molecular weight is 398 g/mol. The summed E-state index contributed by atoms with van der Waals surface area (Å²) in [5.74, 6) is 2.08. The highest BCUT2D eigenvalue weighted by atomic mass is 16.5. The predicted molar refractivity (Wildman–Crippen MR) is 114 cm³/mol. The van der Waals surface area contributed by atoms with E-state index >= 15 is 0 Å². The summed E-state index contributed by atoms with van der Waals surface area (Å²) in [6.07, 6.45) is 4.55. The molecule has 0 unspecified atom stereocenters. The number of pyridine rings is 2.